The number of nitrogens with one attached hydrogen (secondary N) is 1. The van der Waals surface area contributed by atoms with Crippen molar-refractivity contribution in [2.45, 2.75) is 88.7 Å². The van der Waals surface area contributed by atoms with E-state index in [1.54, 1.807) is 0 Å². The number of hydrogen-bond acceptors (Lipinski definition) is 5. The van der Waals surface area contributed by atoms with Gasteiger partial charge >= 0.3 is 0 Å². The molecule has 0 amide bonds. The maximum absolute atomic E-state index is 12.1. The summed E-state index contributed by atoms with van der Waals surface area (Å²) in [5.74, 6) is 0.468. The van der Waals surface area contributed by atoms with E-state index in [4.69, 9.17) is 5.73 Å². The fraction of sp³-hybridized carbons (Fsp3) is 1.00. The van der Waals surface area contributed by atoms with Crippen molar-refractivity contribution >= 4 is 10.0 Å². The van der Waals surface area contributed by atoms with E-state index in [0.717, 1.165) is 25.7 Å². The lowest BCUT2D eigenvalue weighted by atomic mass is 9.83. The Kier molecular flexibility index (Phi) is 9.00. The van der Waals surface area contributed by atoms with Crippen LogP contribution in [0.5, 0.6) is 0 Å². The predicted molar refractivity (Wildman–Crippen MR) is 92.5 cm³/mol. The largest absolute Gasteiger partial charge is 0.389 e. The predicted octanol–water partition coefficient (Wildman–Crippen LogP) is 1.11. The molecule has 0 saturated heterocycles. The molecule has 2 unspecified atom stereocenters. The van der Waals surface area contributed by atoms with Gasteiger partial charge in [-0.15, -0.1) is 0 Å². The molecule has 138 valence electrons. The molecule has 1 fully saturated rings. The van der Waals surface area contributed by atoms with E-state index in [-0.39, 0.29) is 0 Å². The quantitative estimate of drug-likeness (QED) is 0.441. The van der Waals surface area contributed by atoms with Gasteiger partial charge in [-0.3, -0.25) is 0 Å². The molecule has 0 bridgehead atoms. The van der Waals surface area contributed by atoms with E-state index >= 15 is 0 Å². The van der Waals surface area contributed by atoms with Crippen LogP contribution in [0, 0.1) is 5.92 Å². The lowest BCUT2D eigenvalue weighted by molar-refractivity contribution is -0.00143. The molecule has 1 aliphatic rings. The number of hydrogen-bond donors (Lipinski definition) is 4. The van der Waals surface area contributed by atoms with Crippen molar-refractivity contribution in [2.75, 3.05) is 6.54 Å². The first-order valence-corrected chi connectivity index (χ1v) is 10.4. The van der Waals surface area contributed by atoms with Crippen LogP contribution in [0.2, 0.25) is 0 Å². The monoisotopic (exact) mass is 350 g/mol. The number of aliphatic hydroxyl groups excluding tert-OH is 2. The highest BCUT2D eigenvalue weighted by atomic mass is 32.2. The summed E-state index contributed by atoms with van der Waals surface area (Å²) in [6, 6.07) is -0.596. The third-order valence-corrected chi connectivity index (χ3v) is 6.79. The average molecular weight is 351 g/mol. The second-order valence-electron chi connectivity index (χ2n) is 6.88. The molecule has 0 radical (unpaired) electrons. The summed E-state index contributed by atoms with van der Waals surface area (Å²) < 4.78 is 26.8. The molecule has 23 heavy (non-hydrogen) atoms. The van der Waals surface area contributed by atoms with Crippen LogP contribution >= 0.6 is 0 Å². The van der Waals surface area contributed by atoms with E-state index in [9.17, 15) is 18.6 Å². The number of rotatable bonds is 10. The van der Waals surface area contributed by atoms with Crippen molar-refractivity contribution < 1.29 is 18.6 Å². The van der Waals surface area contributed by atoms with E-state index < -0.39 is 33.5 Å². The summed E-state index contributed by atoms with van der Waals surface area (Å²) >= 11 is 0. The fourth-order valence-electron chi connectivity index (χ4n) is 3.18. The number of sulfonamides is 1. The Balaban J connectivity index is 2.53. The summed E-state index contributed by atoms with van der Waals surface area (Å²) in [6.45, 7) is 3.73. The molecule has 4 atom stereocenters. The average Bonchev–Trinajstić information content (AvgIpc) is 2.53. The Bertz CT molecular complexity index is 424. The maximum Gasteiger partial charge on any atom is 0.216 e. The molecule has 5 N–H and O–H groups in total. The van der Waals surface area contributed by atoms with Crippen molar-refractivity contribution in [3.63, 3.8) is 0 Å². The second kappa shape index (κ2) is 9.93. The van der Waals surface area contributed by atoms with Crippen molar-refractivity contribution in [3.05, 3.63) is 0 Å². The molecule has 0 spiro atoms. The third kappa shape index (κ3) is 6.66. The third-order valence-electron chi connectivity index (χ3n) is 4.92. The summed E-state index contributed by atoms with van der Waals surface area (Å²) in [4.78, 5) is 0. The topological polar surface area (TPSA) is 113 Å². The molecule has 0 heterocycles. The first-order valence-electron chi connectivity index (χ1n) is 8.89. The molecule has 0 aromatic carbocycles. The van der Waals surface area contributed by atoms with Crippen molar-refractivity contribution in [2.24, 2.45) is 11.7 Å². The zero-order valence-electron chi connectivity index (χ0n) is 14.4. The van der Waals surface area contributed by atoms with Crippen molar-refractivity contribution in [1.29, 1.82) is 0 Å². The molecule has 1 aliphatic carbocycles. The molecule has 0 aromatic rings. The van der Waals surface area contributed by atoms with Crippen LogP contribution < -0.4 is 10.5 Å². The molecular formula is C16H34N2O4S. The maximum atomic E-state index is 12.1. The SMILES string of the molecule is CCCCNS(=O)(=O)C(C)C(O)[C@H](O)[C@@H](N)CC1CCCCC1. The first-order chi connectivity index (χ1) is 10.8. The summed E-state index contributed by atoms with van der Waals surface area (Å²) in [7, 11) is -3.66. The van der Waals surface area contributed by atoms with Gasteiger partial charge in [0.15, 0.2) is 0 Å². The highest BCUT2D eigenvalue weighted by Crippen LogP contribution is 2.28. The number of aliphatic hydroxyl groups is 2. The minimum atomic E-state index is -3.66. The number of unbranched alkanes of at least 4 members (excludes halogenated alkanes) is 1. The molecule has 1 saturated carbocycles. The Morgan fingerprint density at radius 3 is 2.35 bits per heavy atom. The Morgan fingerprint density at radius 1 is 1.17 bits per heavy atom. The zero-order chi connectivity index (χ0) is 17.5. The molecule has 7 heteroatoms. The molecule has 6 nitrogen and oxygen atoms in total. The normalized spacial score (nSPS) is 22.5. The van der Waals surface area contributed by atoms with Gasteiger partial charge in [0.25, 0.3) is 0 Å². The minimum Gasteiger partial charge on any atom is -0.389 e. The van der Waals surface area contributed by atoms with Crippen LogP contribution in [0.1, 0.15) is 65.2 Å². The van der Waals surface area contributed by atoms with Crippen LogP contribution in [0.15, 0.2) is 0 Å². The number of nitrogens with two attached hydrogens (primary N) is 1. The van der Waals surface area contributed by atoms with E-state index in [1.165, 1.54) is 26.2 Å². The summed E-state index contributed by atoms with van der Waals surface area (Å²) in [5, 5.41) is 19.4. The van der Waals surface area contributed by atoms with Crippen LogP contribution in [-0.4, -0.2) is 48.7 Å². The molecular weight excluding hydrogens is 316 g/mol. The Morgan fingerprint density at radius 2 is 1.78 bits per heavy atom. The zero-order valence-corrected chi connectivity index (χ0v) is 15.3. The van der Waals surface area contributed by atoms with Crippen molar-refractivity contribution in [3.8, 4) is 0 Å². The van der Waals surface area contributed by atoms with E-state index in [0.29, 0.717) is 18.9 Å². The fourth-order valence-corrected chi connectivity index (χ4v) is 4.40. The molecule has 1 rings (SSSR count). The highest BCUT2D eigenvalue weighted by molar-refractivity contribution is 7.90. The minimum absolute atomic E-state index is 0.347. The van der Waals surface area contributed by atoms with Gasteiger partial charge in [0.05, 0.1) is 12.2 Å². The van der Waals surface area contributed by atoms with Crippen LogP contribution in [-0.2, 0) is 10.0 Å². The van der Waals surface area contributed by atoms with E-state index in [1.807, 2.05) is 6.92 Å². The van der Waals surface area contributed by atoms with Gasteiger partial charge in [0.2, 0.25) is 10.0 Å². The van der Waals surface area contributed by atoms with Gasteiger partial charge in [-0.05, 0) is 25.7 Å². The molecule has 0 aliphatic heterocycles. The van der Waals surface area contributed by atoms with E-state index in [2.05, 4.69) is 4.72 Å². The van der Waals surface area contributed by atoms with Crippen LogP contribution in [0.3, 0.4) is 0 Å². The standard InChI is InChI=1S/C16H34N2O4S/c1-3-4-10-18-23(21,22)12(2)15(19)16(20)14(17)11-13-8-6-5-7-9-13/h12-16,18-20H,3-11,17H2,1-2H3/t12?,14-,15?,16+/m0/s1. The van der Waals surface area contributed by atoms with Crippen LogP contribution in [0.25, 0.3) is 0 Å². The second-order valence-corrected chi connectivity index (χ2v) is 9.01. The van der Waals surface area contributed by atoms with Gasteiger partial charge in [0, 0.05) is 12.6 Å². The van der Waals surface area contributed by atoms with Crippen molar-refractivity contribution in [1.82, 2.24) is 4.72 Å². The smallest absolute Gasteiger partial charge is 0.216 e. The molecule has 0 aromatic heterocycles. The lowest BCUT2D eigenvalue weighted by Gasteiger charge is -2.31. The van der Waals surface area contributed by atoms with Gasteiger partial charge < -0.3 is 15.9 Å². The highest BCUT2D eigenvalue weighted by Gasteiger charge is 2.36. The van der Waals surface area contributed by atoms with Gasteiger partial charge in [-0.2, -0.15) is 0 Å². The van der Waals surface area contributed by atoms with Crippen LogP contribution in [0.4, 0.5) is 0 Å². The Labute approximate surface area is 140 Å². The summed E-state index contributed by atoms with van der Waals surface area (Å²) in [5.41, 5.74) is 6.03. The van der Waals surface area contributed by atoms with Gasteiger partial charge in [0.1, 0.15) is 5.25 Å². The van der Waals surface area contributed by atoms with Gasteiger partial charge in [-0.25, -0.2) is 13.1 Å². The Hall–Kier alpha value is -0.210. The first kappa shape index (κ1) is 20.8. The lowest BCUT2D eigenvalue weighted by Crippen LogP contribution is -2.52. The van der Waals surface area contributed by atoms with Gasteiger partial charge in [-0.1, -0.05) is 45.4 Å². The summed E-state index contributed by atoms with van der Waals surface area (Å²) in [6.07, 6.45) is 5.46.